The van der Waals surface area contributed by atoms with Gasteiger partial charge in [-0.15, -0.1) is 0 Å². The molecule has 0 aromatic heterocycles. The van der Waals surface area contributed by atoms with Crippen molar-refractivity contribution in [3.8, 4) is 0 Å². The molecule has 0 aromatic rings. The molecule has 0 aliphatic rings. The lowest BCUT2D eigenvalue weighted by molar-refractivity contribution is -0.131. The number of nitrogens with two attached hydrogens (primary N) is 1. The minimum absolute atomic E-state index is 0.0402. The molecule has 0 aliphatic carbocycles. The first-order chi connectivity index (χ1) is 7.28. The van der Waals surface area contributed by atoms with E-state index >= 15 is 0 Å². The number of amides is 1. The van der Waals surface area contributed by atoms with Gasteiger partial charge in [-0.25, -0.2) is 8.42 Å². The predicted molar refractivity (Wildman–Crippen MR) is 64.8 cm³/mol. The van der Waals surface area contributed by atoms with Crippen molar-refractivity contribution in [2.75, 3.05) is 25.6 Å². The summed E-state index contributed by atoms with van der Waals surface area (Å²) in [6.07, 6.45) is 3.27. The largest absolute Gasteiger partial charge is 0.344 e. The lowest BCUT2D eigenvalue weighted by Gasteiger charge is -2.20. The minimum Gasteiger partial charge on any atom is -0.344 e. The fourth-order valence-electron chi connectivity index (χ4n) is 1.25. The summed E-state index contributed by atoms with van der Waals surface area (Å²) in [5.74, 6) is -0.223. The molecule has 0 spiro atoms. The Morgan fingerprint density at radius 1 is 1.44 bits per heavy atom. The van der Waals surface area contributed by atoms with Crippen LogP contribution in [0.1, 0.15) is 26.2 Å². The van der Waals surface area contributed by atoms with Crippen molar-refractivity contribution in [2.45, 2.75) is 32.2 Å². The summed E-state index contributed by atoms with van der Waals surface area (Å²) in [6, 6.07) is -0.711. The van der Waals surface area contributed by atoms with Gasteiger partial charge in [-0.1, -0.05) is 13.3 Å². The van der Waals surface area contributed by atoms with E-state index in [0.717, 1.165) is 19.1 Å². The van der Waals surface area contributed by atoms with Crippen LogP contribution in [0.2, 0.25) is 0 Å². The fourth-order valence-corrected chi connectivity index (χ4v) is 1.94. The summed E-state index contributed by atoms with van der Waals surface area (Å²) < 4.78 is 21.8. The Labute approximate surface area is 97.9 Å². The molecule has 5 nitrogen and oxygen atoms in total. The van der Waals surface area contributed by atoms with Gasteiger partial charge in [-0.05, 0) is 12.8 Å². The van der Waals surface area contributed by atoms with Gasteiger partial charge in [0.05, 0.1) is 11.8 Å². The van der Waals surface area contributed by atoms with Gasteiger partial charge in [-0.3, -0.25) is 4.79 Å². The number of nitrogens with zero attached hydrogens (tertiary/aromatic N) is 1. The first-order valence-electron chi connectivity index (χ1n) is 5.46. The van der Waals surface area contributed by atoms with Gasteiger partial charge in [-0.2, -0.15) is 0 Å². The first-order valence-corrected chi connectivity index (χ1v) is 7.52. The molecule has 0 saturated heterocycles. The summed E-state index contributed by atoms with van der Waals surface area (Å²) in [7, 11) is -1.35. The summed E-state index contributed by atoms with van der Waals surface area (Å²) in [5, 5.41) is 0. The SMILES string of the molecule is CCCCN(C)C(=O)C(N)CCS(C)(=O)=O. The van der Waals surface area contributed by atoms with E-state index in [1.165, 1.54) is 0 Å². The van der Waals surface area contributed by atoms with E-state index in [1.807, 2.05) is 6.92 Å². The molecular weight excluding hydrogens is 228 g/mol. The van der Waals surface area contributed by atoms with Gasteiger partial charge >= 0.3 is 0 Å². The van der Waals surface area contributed by atoms with Crippen LogP contribution in [0.15, 0.2) is 0 Å². The second-order valence-electron chi connectivity index (χ2n) is 4.14. The van der Waals surface area contributed by atoms with E-state index in [9.17, 15) is 13.2 Å². The summed E-state index contributed by atoms with van der Waals surface area (Å²) >= 11 is 0. The van der Waals surface area contributed by atoms with Crippen molar-refractivity contribution >= 4 is 15.7 Å². The van der Waals surface area contributed by atoms with Crippen LogP contribution in [0.5, 0.6) is 0 Å². The normalized spacial score (nSPS) is 13.5. The highest BCUT2D eigenvalue weighted by molar-refractivity contribution is 7.90. The van der Waals surface area contributed by atoms with Gasteiger partial charge in [0.2, 0.25) is 5.91 Å². The molecule has 96 valence electrons. The molecule has 6 heteroatoms. The Morgan fingerprint density at radius 2 is 2.00 bits per heavy atom. The van der Waals surface area contributed by atoms with Gasteiger partial charge in [0.25, 0.3) is 0 Å². The summed E-state index contributed by atoms with van der Waals surface area (Å²) in [4.78, 5) is 13.2. The molecular formula is C10H22N2O3S. The number of sulfone groups is 1. The van der Waals surface area contributed by atoms with Crippen LogP contribution >= 0.6 is 0 Å². The van der Waals surface area contributed by atoms with E-state index < -0.39 is 15.9 Å². The Bertz CT molecular complexity index is 314. The lowest BCUT2D eigenvalue weighted by atomic mass is 10.2. The highest BCUT2D eigenvalue weighted by Crippen LogP contribution is 2.00. The molecule has 2 N–H and O–H groups in total. The molecule has 1 unspecified atom stereocenters. The topological polar surface area (TPSA) is 80.5 Å². The third-order valence-electron chi connectivity index (χ3n) is 2.34. The van der Waals surface area contributed by atoms with Crippen LogP contribution in [-0.2, 0) is 14.6 Å². The van der Waals surface area contributed by atoms with Gasteiger partial charge in [0.15, 0.2) is 0 Å². The average Bonchev–Trinajstić information content (AvgIpc) is 2.20. The Kier molecular flexibility index (Phi) is 6.59. The Balaban J connectivity index is 4.07. The van der Waals surface area contributed by atoms with Crippen molar-refractivity contribution < 1.29 is 13.2 Å². The van der Waals surface area contributed by atoms with E-state index in [4.69, 9.17) is 5.73 Å². The molecule has 0 bridgehead atoms. The number of carbonyl (C=O) groups is 1. The van der Waals surface area contributed by atoms with Crippen molar-refractivity contribution in [3.63, 3.8) is 0 Å². The van der Waals surface area contributed by atoms with Crippen LogP contribution in [-0.4, -0.2) is 50.9 Å². The van der Waals surface area contributed by atoms with Crippen molar-refractivity contribution in [3.05, 3.63) is 0 Å². The van der Waals surface area contributed by atoms with Crippen LogP contribution in [0.25, 0.3) is 0 Å². The van der Waals surface area contributed by atoms with Crippen molar-refractivity contribution in [1.29, 1.82) is 0 Å². The molecule has 1 atom stereocenters. The molecule has 1 amide bonds. The molecule has 0 aromatic carbocycles. The number of hydrogen-bond donors (Lipinski definition) is 1. The fraction of sp³-hybridized carbons (Fsp3) is 0.900. The van der Waals surface area contributed by atoms with E-state index in [-0.39, 0.29) is 18.1 Å². The predicted octanol–water partition coefficient (Wildman–Crippen LogP) is 0.00690. The van der Waals surface area contributed by atoms with Crippen LogP contribution in [0.3, 0.4) is 0 Å². The Hall–Kier alpha value is -0.620. The van der Waals surface area contributed by atoms with Crippen LogP contribution < -0.4 is 5.73 Å². The molecule has 0 saturated carbocycles. The Morgan fingerprint density at radius 3 is 2.44 bits per heavy atom. The summed E-state index contributed by atoms with van der Waals surface area (Å²) in [6.45, 7) is 2.71. The van der Waals surface area contributed by atoms with Crippen LogP contribution in [0.4, 0.5) is 0 Å². The van der Waals surface area contributed by atoms with E-state index in [1.54, 1.807) is 11.9 Å². The first kappa shape index (κ1) is 15.4. The number of likely N-dealkylation sites (N-methyl/N-ethyl adjacent to an activating group) is 1. The molecule has 16 heavy (non-hydrogen) atoms. The third-order valence-corrected chi connectivity index (χ3v) is 3.32. The molecule has 0 radical (unpaired) electrons. The van der Waals surface area contributed by atoms with Crippen molar-refractivity contribution in [2.24, 2.45) is 5.73 Å². The maximum Gasteiger partial charge on any atom is 0.239 e. The van der Waals surface area contributed by atoms with E-state index in [2.05, 4.69) is 0 Å². The highest BCUT2D eigenvalue weighted by atomic mass is 32.2. The third kappa shape index (κ3) is 6.79. The standard InChI is InChI=1S/C10H22N2O3S/c1-4-5-7-12(2)10(13)9(11)6-8-16(3,14)15/h9H,4-8,11H2,1-3H3. The highest BCUT2D eigenvalue weighted by Gasteiger charge is 2.18. The summed E-state index contributed by atoms with van der Waals surface area (Å²) in [5.41, 5.74) is 5.64. The number of hydrogen-bond acceptors (Lipinski definition) is 4. The number of unbranched alkanes of at least 4 members (excludes halogenated alkanes) is 1. The maximum atomic E-state index is 11.7. The minimum atomic E-state index is -3.05. The van der Waals surface area contributed by atoms with Gasteiger partial charge < -0.3 is 10.6 Å². The quantitative estimate of drug-likeness (QED) is 0.690. The van der Waals surface area contributed by atoms with Crippen LogP contribution in [0, 0.1) is 0 Å². The zero-order valence-corrected chi connectivity index (χ0v) is 11.1. The zero-order chi connectivity index (χ0) is 12.8. The lowest BCUT2D eigenvalue weighted by Crippen LogP contribution is -2.43. The molecule has 0 aliphatic heterocycles. The second kappa shape index (κ2) is 6.85. The van der Waals surface area contributed by atoms with E-state index in [0.29, 0.717) is 6.54 Å². The zero-order valence-electron chi connectivity index (χ0n) is 10.3. The smallest absolute Gasteiger partial charge is 0.239 e. The van der Waals surface area contributed by atoms with Crippen molar-refractivity contribution in [1.82, 2.24) is 4.90 Å². The number of carbonyl (C=O) groups excluding carboxylic acids is 1. The van der Waals surface area contributed by atoms with Gasteiger partial charge in [0.1, 0.15) is 9.84 Å². The number of rotatable bonds is 7. The maximum absolute atomic E-state index is 11.7. The molecule has 0 heterocycles. The second-order valence-corrected chi connectivity index (χ2v) is 6.40. The molecule has 0 fully saturated rings. The monoisotopic (exact) mass is 250 g/mol. The van der Waals surface area contributed by atoms with Gasteiger partial charge in [0, 0.05) is 19.8 Å². The average molecular weight is 250 g/mol. The molecule has 0 rings (SSSR count).